The fraction of sp³-hybridized carbons (Fsp3) is 0.278. The number of anilines is 1. The smallest absolute Gasteiger partial charge is 0.221 e. The van der Waals surface area contributed by atoms with Crippen molar-refractivity contribution in [2.24, 2.45) is 0 Å². The number of benzene rings is 1. The molecule has 0 aliphatic heterocycles. The van der Waals surface area contributed by atoms with Crippen molar-refractivity contribution in [3.05, 3.63) is 46.6 Å². The topological polar surface area (TPSA) is 67.9 Å². The van der Waals surface area contributed by atoms with Crippen molar-refractivity contribution < 1.29 is 0 Å². The van der Waals surface area contributed by atoms with Crippen molar-refractivity contribution in [2.45, 2.75) is 12.8 Å². The Labute approximate surface area is 156 Å². The van der Waals surface area contributed by atoms with Gasteiger partial charge in [-0.25, -0.2) is 15.0 Å². The number of hydrogen-bond donors (Lipinski definition) is 1. The van der Waals surface area contributed by atoms with Crippen LogP contribution < -0.4 is 5.73 Å². The fourth-order valence-electron chi connectivity index (χ4n) is 2.49. The maximum absolute atomic E-state index is 6.28. The van der Waals surface area contributed by atoms with Gasteiger partial charge in [0.15, 0.2) is 0 Å². The van der Waals surface area contributed by atoms with Crippen molar-refractivity contribution in [3.63, 3.8) is 0 Å². The van der Waals surface area contributed by atoms with Gasteiger partial charge in [-0.15, -0.1) is 11.3 Å². The van der Waals surface area contributed by atoms with E-state index in [-0.39, 0.29) is 5.95 Å². The zero-order valence-corrected chi connectivity index (χ0v) is 15.8. The Morgan fingerprint density at radius 2 is 1.92 bits per heavy atom. The summed E-state index contributed by atoms with van der Waals surface area (Å²) in [5.41, 5.74) is 8.26. The van der Waals surface area contributed by atoms with Crippen LogP contribution in [0.3, 0.4) is 0 Å². The molecule has 3 aromatic rings. The normalized spacial score (nSPS) is 11.2. The van der Waals surface area contributed by atoms with Crippen LogP contribution >= 0.6 is 22.9 Å². The summed E-state index contributed by atoms with van der Waals surface area (Å²) in [6, 6.07) is 9.49. The number of rotatable bonds is 6. The van der Waals surface area contributed by atoms with E-state index in [0.29, 0.717) is 5.02 Å². The summed E-state index contributed by atoms with van der Waals surface area (Å²) >= 11 is 7.93. The highest BCUT2D eigenvalue weighted by atomic mass is 35.5. The highest BCUT2D eigenvalue weighted by Crippen LogP contribution is 2.31. The zero-order chi connectivity index (χ0) is 17.8. The lowest BCUT2D eigenvalue weighted by atomic mass is 10.1. The molecule has 2 aromatic heterocycles. The first kappa shape index (κ1) is 17.8. The van der Waals surface area contributed by atoms with Crippen LogP contribution in [0.4, 0.5) is 5.95 Å². The second kappa shape index (κ2) is 7.91. The molecule has 7 heteroatoms. The van der Waals surface area contributed by atoms with E-state index >= 15 is 0 Å². The lowest BCUT2D eigenvalue weighted by Gasteiger charge is -2.07. The van der Waals surface area contributed by atoms with Crippen molar-refractivity contribution in [1.29, 1.82) is 0 Å². The van der Waals surface area contributed by atoms with E-state index in [4.69, 9.17) is 17.3 Å². The van der Waals surface area contributed by atoms with Gasteiger partial charge in [-0.05, 0) is 39.2 Å². The first-order valence-electron chi connectivity index (χ1n) is 8.02. The van der Waals surface area contributed by atoms with Gasteiger partial charge in [0.05, 0.1) is 21.3 Å². The summed E-state index contributed by atoms with van der Waals surface area (Å²) < 4.78 is 0. The summed E-state index contributed by atoms with van der Waals surface area (Å²) in [7, 11) is 4.15. The third-order valence-corrected chi connectivity index (χ3v) is 5.10. The molecule has 25 heavy (non-hydrogen) atoms. The average molecular weight is 374 g/mol. The number of aryl methyl sites for hydroxylation is 1. The lowest BCUT2D eigenvalue weighted by Crippen LogP contribution is -2.13. The molecule has 5 nitrogen and oxygen atoms in total. The van der Waals surface area contributed by atoms with Crippen molar-refractivity contribution in [2.75, 3.05) is 26.4 Å². The maximum Gasteiger partial charge on any atom is 0.221 e. The summed E-state index contributed by atoms with van der Waals surface area (Å²) in [5.74, 6) is 0.231. The molecule has 0 radical (unpaired) electrons. The van der Waals surface area contributed by atoms with Gasteiger partial charge >= 0.3 is 0 Å². The summed E-state index contributed by atoms with van der Waals surface area (Å²) in [4.78, 5) is 16.4. The Balaban J connectivity index is 1.86. The number of halogens is 1. The van der Waals surface area contributed by atoms with Crippen LogP contribution in [-0.2, 0) is 6.42 Å². The van der Waals surface area contributed by atoms with Crippen molar-refractivity contribution in [1.82, 2.24) is 19.9 Å². The van der Waals surface area contributed by atoms with Gasteiger partial charge in [-0.1, -0.05) is 29.8 Å². The third kappa shape index (κ3) is 4.54. The van der Waals surface area contributed by atoms with Gasteiger partial charge in [0.1, 0.15) is 0 Å². The summed E-state index contributed by atoms with van der Waals surface area (Å²) in [6.45, 7) is 1.05. The van der Waals surface area contributed by atoms with E-state index in [1.807, 2.05) is 36.5 Å². The minimum Gasteiger partial charge on any atom is -0.368 e. The number of hydrogen-bond acceptors (Lipinski definition) is 6. The molecule has 130 valence electrons. The van der Waals surface area contributed by atoms with E-state index < -0.39 is 0 Å². The molecule has 0 spiro atoms. The van der Waals surface area contributed by atoms with Crippen molar-refractivity contribution >= 4 is 28.9 Å². The van der Waals surface area contributed by atoms with Gasteiger partial charge in [-0.2, -0.15) is 0 Å². The number of thiazole rings is 1. The van der Waals surface area contributed by atoms with Crippen LogP contribution in [0.5, 0.6) is 0 Å². The van der Waals surface area contributed by atoms with Gasteiger partial charge in [0.25, 0.3) is 0 Å². The number of aromatic nitrogens is 3. The monoisotopic (exact) mass is 373 g/mol. The van der Waals surface area contributed by atoms with E-state index in [2.05, 4.69) is 33.9 Å². The van der Waals surface area contributed by atoms with Gasteiger partial charge < -0.3 is 10.6 Å². The molecule has 0 bridgehead atoms. The highest BCUT2D eigenvalue weighted by Gasteiger charge is 2.12. The highest BCUT2D eigenvalue weighted by molar-refractivity contribution is 7.15. The van der Waals surface area contributed by atoms with Crippen LogP contribution in [0, 0.1) is 0 Å². The Morgan fingerprint density at radius 1 is 1.16 bits per heavy atom. The molecule has 0 aliphatic carbocycles. The quantitative estimate of drug-likeness (QED) is 0.707. The Kier molecular flexibility index (Phi) is 5.63. The molecule has 2 heterocycles. The minimum atomic E-state index is 0.231. The molecule has 0 saturated heterocycles. The van der Waals surface area contributed by atoms with E-state index in [1.165, 1.54) is 0 Å². The van der Waals surface area contributed by atoms with Crippen LogP contribution in [0.25, 0.3) is 21.8 Å². The lowest BCUT2D eigenvalue weighted by molar-refractivity contribution is 0.400. The molecular weight excluding hydrogens is 354 g/mol. The third-order valence-electron chi connectivity index (χ3n) is 3.70. The molecule has 0 aliphatic rings. The number of nitrogens with two attached hydrogens (primary N) is 1. The van der Waals surface area contributed by atoms with Crippen molar-refractivity contribution in [3.8, 4) is 21.8 Å². The zero-order valence-electron chi connectivity index (χ0n) is 14.2. The molecule has 1 aromatic carbocycles. The van der Waals surface area contributed by atoms with E-state index in [0.717, 1.165) is 46.2 Å². The largest absolute Gasteiger partial charge is 0.368 e. The Morgan fingerprint density at radius 3 is 2.68 bits per heavy atom. The number of nitrogen functional groups attached to an aromatic ring is 1. The van der Waals surface area contributed by atoms with Crippen LogP contribution in [0.2, 0.25) is 5.02 Å². The molecule has 2 N–H and O–H groups in total. The fourth-order valence-corrected chi connectivity index (χ4v) is 3.64. The predicted octanol–water partition coefficient (Wildman–Crippen LogP) is 4.00. The van der Waals surface area contributed by atoms with E-state index in [9.17, 15) is 0 Å². The SMILES string of the molecule is CN(C)CCCc1ncc(-c2cc(-c3ccccc3Cl)nc(N)n2)s1. The first-order chi connectivity index (χ1) is 12.0. The molecule has 3 rings (SSSR count). The van der Waals surface area contributed by atoms with Crippen LogP contribution in [0.1, 0.15) is 11.4 Å². The van der Waals surface area contributed by atoms with Gasteiger partial charge in [0.2, 0.25) is 5.95 Å². The molecule has 0 atom stereocenters. The molecule has 0 saturated carbocycles. The average Bonchev–Trinajstić information content (AvgIpc) is 3.03. The summed E-state index contributed by atoms with van der Waals surface area (Å²) in [5, 5.41) is 1.74. The standard InChI is InChI=1S/C18H20ClN5S/c1-24(2)9-5-8-17-21-11-16(25-17)15-10-14(22-18(20)23-15)12-6-3-4-7-13(12)19/h3-4,6-7,10-11H,5,8-9H2,1-2H3,(H2,20,22,23). The molecule has 0 fully saturated rings. The van der Waals surface area contributed by atoms with E-state index in [1.54, 1.807) is 11.3 Å². The van der Waals surface area contributed by atoms with Gasteiger partial charge in [-0.3, -0.25) is 0 Å². The van der Waals surface area contributed by atoms with Crippen LogP contribution in [0.15, 0.2) is 36.5 Å². The molecule has 0 amide bonds. The second-order valence-corrected chi connectivity index (χ2v) is 7.52. The second-order valence-electron chi connectivity index (χ2n) is 6.00. The van der Waals surface area contributed by atoms with Gasteiger partial charge in [0, 0.05) is 23.2 Å². The molecular formula is C18H20ClN5S. The first-order valence-corrected chi connectivity index (χ1v) is 9.21. The maximum atomic E-state index is 6.28. The number of nitrogens with zero attached hydrogens (tertiary/aromatic N) is 4. The molecule has 0 unspecified atom stereocenters. The predicted molar refractivity (Wildman–Crippen MR) is 105 cm³/mol. The minimum absolute atomic E-state index is 0.231. The Bertz CT molecular complexity index is 862. The Hall–Kier alpha value is -2.02. The summed E-state index contributed by atoms with van der Waals surface area (Å²) in [6.07, 6.45) is 3.89. The van der Waals surface area contributed by atoms with Crippen LogP contribution in [-0.4, -0.2) is 40.5 Å².